The van der Waals surface area contributed by atoms with Gasteiger partial charge in [0.05, 0.1) is 21.7 Å². The number of rotatable bonds is 4. The summed E-state index contributed by atoms with van der Waals surface area (Å²) in [6.45, 7) is 7.56. The molecule has 0 aliphatic rings. The third-order valence-corrected chi connectivity index (χ3v) is 5.12. The molecule has 20 heavy (non-hydrogen) atoms. The summed E-state index contributed by atoms with van der Waals surface area (Å²) in [4.78, 5) is -0.133. The molecule has 1 aromatic carbocycles. The maximum atomic E-state index is 13.4. The van der Waals surface area contributed by atoms with Gasteiger partial charge in [-0.15, -0.1) is 0 Å². The molecular weight excluding hydrogens is 283 g/mol. The number of anilines is 1. The van der Waals surface area contributed by atoms with Crippen molar-refractivity contribution in [2.75, 3.05) is 5.73 Å². The van der Waals surface area contributed by atoms with Gasteiger partial charge in [-0.1, -0.05) is 0 Å². The van der Waals surface area contributed by atoms with Gasteiger partial charge in [-0.3, -0.25) is 0 Å². The lowest BCUT2D eigenvalue weighted by Gasteiger charge is -2.37. The second kappa shape index (κ2) is 4.98. The zero-order valence-electron chi connectivity index (χ0n) is 12.3. The van der Waals surface area contributed by atoms with Crippen molar-refractivity contribution in [3.63, 3.8) is 0 Å². The van der Waals surface area contributed by atoms with Crippen molar-refractivity contribution in [1.82, 2.24) is 4.72 Å². The highest BCUT2D eigenvalue weighted by molar-refractivity contribution is 7.89. The molecule has 0 saturated heterocycles. The Hall–Kier alpha value is -1.18. The highest BCUT2D eigenvalue weighted by Crippen LogP contribution is 2.26. The van der Waals surface area contributed by atoms with Gasteiger partial charge in [0.2, 0.25) is 10.0 Å². The first-order valence-electron chi connectivity index (χ1n) is 6.10. The van der Waals surface area contributed by atoms with Crippen molar-refractivity contribution < 1.29 is 17.9 Å². The Bertz CT molecular complexity index is 596. The molecule has 5 nitrogen and oxygen atoms in total. The Morgan fingerprint density at radius 3 is 2.15 bits per heavy atom. The molecule has 0 amide bonds. The normalized spacial score (nSPS) is 13.6. The molecule has 4 N–H and O–H groups in total. The number of nitrogen functional groups attached to an aromatic ring is 1. The summed E-state index contributed by atoms with van der Waals surface area (Å²) >= 11 is 0. The summed E-state index contributed by atoms with van der Waals surface area (Å²) in [6.07, 6.45) is 0. The maximum absolute atomic E-state index is 13.4. The number of hydrogen-bond acceptors (Lipinski definition) is 4. The van der Waals surface area contributed by atoms with Crippen molar-refractivity contribution in [3.8, 4) is 0 Å². The van der Waals surface area contributed by atoms with Gasteiger partial charge in [-0.25, -0.2) is 17.5 Å². The molecule has 7 heteroatoms. The molecule has 1 rings (SSSR count). The van der Waals surface area contributed by atoms with Crippen LogP contribution in [-0.4, -0.2) is 24.7 Å². The van der Waals surface area contributed by atoms with Crippen LogP contribution in [0.15, 0.2) is 17.0 Å². The topological polar surface area (TPSA) is 92.4 Å². The van der Waals surface area contributed by atoms with Gasteiger partial charge in [0.1, 0.15) is 5.82 Å². The lowest BCUT2D eigenvalue weighted by atomic mass is 9.87. The van der Waals surface area contributed by atoms with Crippen molar-refractivity contribution in [2.45, 2.75) is 50.7 Å². The van der Waals surface area contributed by atoms with Gasteiger partial charge < -0.3 is 10.8 Å². The minimum Gasteiger partial charge on any atom is -0.396 e. The number of hydrogen-bond donors (Lipinski definition) is 3. The molecule has 0 bridgehead atoms. The highest BCUT2D eigenvalue weighted by Gasteiger charge is 2.39. The number of aryl methyl sites for hydroxylation is 1. The van der Waals surface area contributed by atoms with Gasteiger partial charge in [0.15, 0.2) is 0 Å². The Morgan fingerprint density at radius 1 is 1.25 bits per heavy atom. The van der Waals surface area contributed by atoms with Crippen LogP contribution in [0.25, 0.3) is 0 Å². The maximum Gasteiger partial charge on any atom is 0.241 e. The summed E-state index contributed by atoms with van der Waals surface area (Å²) in [5, 5.41) is 10.00. The fraction of sp³-hybridized carbons (Fsp3) is 0.538. The zero-order valence-corrected chi connectivity index (χ0v) is 13.1. The van der Waals surface area contributed by atoms with Gasteiger partial charge in [-0.2, -0.15) is 0 Å². The highest BCUT2D eigenvalue weighted by atomic mass is 32.2. The second-order valence-corrected chi connectivity index (χ2v) is 7.62. The molecule has 114 valence electrons. The Morgan fingerprint density at radius 2 is 1.75 bits per heavy atom. The van der Waals surface area contributed by atoms with Gasteiger partial charge in [0.25, 0.3) is 0 Å². The summed E-state index contributed by atoms with van der Waals surface area (Å²) in [6, 6.07) is 2.26. The van der Waals surface area contributed by atoms with E-state index in [1.807, 2.05) is 0 Å². The van der Waals surface area contributed by atoms with E-state index in [0.29, 0.717) is 0 Å². The molecule has 0 aliphatic carbocycles. The lowest BCUT2D eigenvalue weighted by molar-refractivity contribution is 0.00639. The van der Waals surface area contributed by atoms with Crippen LogP contribution in [0.1, 0.15) is 33.3 Å². The molecule has 1 aromatic rings. The van der Waals surface area contributed by atoms with E-state index in [4.69, 9.17) is 5.73 Å². The van der Waals surface area contributed by atoms with Crippen LogP contribution in [-0.2, 0) is 10.0 Å². The van der Waals surface area contributed by atoms with Crippen molar-refractivity contribution in [2.24, 2.45) is 0 Å². The quantitative estimate of drug-likeness (QED) is 0.736. The van der Waals surface area contributed by atoms with Crippen LogP contribution < -0.4 is 10.5 Å². The molecule has 0 fully saturated rings. The van der Waals surface area contributed by atoms with Crippen LogP contribution in [0.4, 0.5) is 10.1 Å². The third kappa shape index (κ3) is 3.28. The Kier molecular flexibility index (Phi) is 4.20. The molecule has 0 spiro atoms. The van der Waals surface area contributed by atoms with Crippen LogP contribution in [0, 0.1) is 12.7 Å². The van der Waals surface area contributed by atoms with Crippen LogP contribution >= 0.6 is 0 Å². The average molecular weight is 304 g/mol. The van der Waals surface area contributed by atoms with E-state index >= 15 is 0 Å². The minimum absolute atomic E-state index is 0.133. The number of halogens is 1. The molecule has 0 atom stereocenters. The van der Waals surface area contributed by atoms with Crippen LogP contribution in [0.5, 0.6) is 0 Å². The predicted molar refractivity (Wildman–Crippen MR) is 76.2 cm³/mol. The van der Waals surface area contributed by atoms with Crippen molar-refractivity contribution >= 4 is 15.7 Å². The fourth-order valence-corrected chi connectivity index (χ4v) is 3.09. The first-order valence-corrected chi connectivity index (χ1v) is 7.58. The first-order chi connectivity index (χ1) is 8.78. The number of nitrogens with one attached hydrogen (secondary N) is 1. The van der Waals surface area contributed by atoms with Gasteiger partial charge >= 0.3 is 0 Å². The number of nitrogens with two attached hydrogens (primary N) is 1. The first kappa shape index (κ1) is 16.9. The zero-order chi connectivity index (χ0) is 15.9. The van der Waals surface area contributed by atoms with E-state index in [0.717, 1.165) is 6.07 Å². The monoisotopic (exact) mass is 304 g/mol. The van der Waals surface area contributed by atoms with Crippen LogP contribution in [0.2, 0.25) is 0 Å². The summed E-state index contributed by atoms with van der Waals surface area (Å²) < 4.78 is 40.5. The predicted octanol–water partition coefficient (Wildman–Crippen LogP) is 1.54. The average Bonchev–Trinajstić information content (AvgIpc) is 2.22. The smallest absolute Gasteiger partial charge is 0.241 e. The SMILES string of the molecule is Cc1cc(S(=O)(=O)NC(C)(C)C(C)(C)O)cc(N)c1F. The third-order valence-electron chi connectivity index (χ3n) is 3.49. The fourth-order valence-electron chi connectivity index (χ4n) is 1.44. The van der Waals surface area contributed by atoms with E-state index in [9.17, 15) is 17.9 Å². The summed E-state index contributed by atoms with van der Waals surface area (Å²) in [5.41, 5.74) is 2.98. The number of aliphatic hydroxyl groups is 1. The summed E-state index contributed by atoms with van der Waals surface area (Å²) in [5.74, 6) is -0.634. The lowest BCUT2D eigenvalue weighted by Crippen LogP contribution is -2.57. The van der Waals surface area contributed by atoms with E-state index < -0.39 is 27.0 Å². The molecule has 0 unspecified atom stereocenters. The molecule has 0 saturated carbocycles. The van der Waals surface area contributed by atoms with Gasteiger partial charge in [0, 0.05) is 0 Å². The summed E-state index contributed by atoms with van der Waals surface area (Å²) in [7, 11) is -3.92. The van der Waals surface area contributed by atoms with Crippen LogP contribution in [0.3, 0.4) is 0 Å². The minimum atomic E-state index is -3.92. The van der Waals surface area contributed by atoms with Crippen molar-refractivity contribution in [1.29, 1.82) is 0 Å². The Labute approximate surface area is 119 Å². The standard InChI is InChI=1S/C13H21FN2O3S/c1-8-6-9(7-10(15)11(8)14)20(18,19)16-12(2,3)13(4,5)17/h6-7,16-17H,15H2,1-5H3. The molecule has 0 heterocycles. The Balaban J connectivity index is 3.26. The van der Waals surface area contributed by atoms with E-state index in [1.54, 1.807) is 13.8 Å². The molecule has 0 radical (unpaired) electrons. The van der Waals surface area contributed by atoms with Gasteiger partial charge in [-0.05, 0) is 52.3 Å². The second-order valence-electron chi connectivity index (χ2n) is 5.93. The van der Waals surface area contributed by atoms with E-state index in [-0.39, 0.29) is 16.1 Å². The number of sulfonamides is 1. The van der Waals surface area contributed by atoms with Crippen molar-refractivity contribution in [3.05, 3.63) is 23.5 Å². The molecular formula is C13H21FN2O3S. The number of benzene rings is 1. The van der Waals surface area contributed by atoms with E-state index in [2.05, 4.69) is 4.72 Å². The van der Waals surface area contributed by atoms with E-state index in [1.165, 1.54) is 26.8 Å². The molecule has 0 aromatic heterocycles. The largest absolute Gasteiger partial charge is 0.396 e. The molecule has 0 aliphatic heterocycles.